The van der Waals surface area contributed by atoms with Crippen LogP contribution in [0.4, 0.5) is 0 Å². The van der Waals surface area contributed by atoms with Gasteiger partial charge >= 0.3 is 0 Å². The molecule has 2 unspecified atom stereocenters. The van der Waals surface area contributed by atoms with Gasteiger partial charge in [-0.15, -0.1) is 0 Å². The third-order valence-corrected chi connectivity index (χ3v) is 2.54. The summed E-state index contributed by atoms with van der Waals surface area (Å²) in [6.45, 7) is 7.48. The Morgan fingerprint density at radius 3 is 3.00 bits per heavy atom. The molecule has 1 heterocycles. The summed E-state index contributed by atoms with van der Waals surface area (Å²) in [5, 5.41) is 9.85. The number of hydrogen-bond acceptors (Lipinski definition) is 4. The molecule has 2 atom stereocenters. The molecule has 0 aromatic rings. The average molecular weight is 202 g/mol. The van der Waals surface area contributed by atoms with Gasteiger partial charge in [-0.2, -0.15) is 0 Å². The third-order valence-electron chi connectivity index (χ3n) is 2.54. The Labute approximate surface area is 86.0 Å². The Morgan fingerprint density at radius 1 is 1.64 bits per heavy atom. The summed E-state index contributed by atoms with van der Waals surface area (Å²) >= 11 is 0. The summed E-state index contributed by atoms with van der Waals surface area (Å²) < 4.78 is 5.53. The summed E-state index contributed by atoms with van der Waals surface area (Å²) in [6.07, 6.45) is 1.29. The van der Waals surface area contributed by atoms with E-state index in [-0.39, 0.29) is 6.10 Å². The van der Waals surface area contributed by atoms with E-state index in [0.29, 0.717) is 13.1 Å². The van der Waals surface area contributed by atoms with Crippen molar-refractivity contribution in [1.82, 2.24) is 4.90 Å². The zero-order chi connectivity index (χ0) is 10.6. The van der Waals surface area contributed by atoms with Crippen LogP contribution >= 0.6 is 0 Å². The van der Waals surface area contributed by atoms with Crippen molar-refractivity contribution < 1.29 is 9.84 Å². The second kappa shape index (κ2) is 5.07. The highest BCUT2D eigenvalue weighted by Crippen LogP contribution is 2.10. The molecule has 14 heavy (non-hydrogen) atoms. The maximum Gasteiger partial charge on any atom is 0.0867 e. The van der Waals surface area contributed by atoms with Gasteiger partial charge in [0.05, 0.1) is 11.7 Å². The van der Waals surface area contributed by atoms with E-state index < -0.39 is 5.60 Å². The van der Waals surface area contributed by atoms with Crippen LogP contribution in [0.3, 0.4) is 0 Å². The number of rotatable bonds is 3. The topological polar surface area (TPSA) is 58.7 Å². The fourth-order valence-corrected chi connectivity index (χ4v) is 1.77. The average Bonchev–Trinajstić information content (AvgIpc) is 2.29. The van der Waals surface area contributed by atoms with Crippen molar-refractivity contribution >= 4 is 0 Å². The number of ether oxygens (including phenoxy) is 1. The lowest BCUT2D eigenvalue weighted by Gasteiger charge is -2.30. The molecular formula is C10H22N2O2. The molecule has 0 spiro atoms. The molecule has 1 saturated heterocycles. The molecule has 0 saturated carbocycles. The fraction of sp³-hybridized carbons (Fsp3) is 1.00. The van der Waals surface area contributed by atoms with Gasteiger partial charge in [0.15, 0.2) is 0 Å². The zero-order valence-corrected chi connectivity index (χ0v) is 9.20. The minimum atomic E-state index is -0.774. The van der Waals surface area contributed by atoms with Gasteiger partial charge in [-0.05, 0) is 20.3 Å². The van der Waals surface area contributed by atoms with Gasteiger partial charge < -0.3 is 15.6 Å². The van der Waals surface area contributed by atoms with E-state index in [1.807, 2.05) is 0 Å². The second-order valence-corrected chi connectivity index (χ2v) is 4.47. The summed E-state index contributed by atoms with van der Waals surface area (Å²) in [6, 6.07) is 0. The Kier molecular flexibility index (Phi) is 4.31. The van der Waals surface area contributed by atoms with Crippen LogP contribution in [-0.2, 0) is 4.74 Å². The molecule has 3 N–H and O–H groups in total. The van der Waals surface area contributed by atoms with E-state index in [1.165, 1.54) is 0 Å². The van der Waals surface area contributed by atoms with Crippen LogP contribution in [0.5, 0.6) is 0 Å². The molecule has 0 bridgehead atoms. The molecule has 0 aliphatic carbocycles. The van der Waals surface area contributed by atoms with Crippen LogP contribution in [0.2, 0.25) is 0 Å². The SMILES string of the molecule is CC1CN(CC(C)(O)CN)CCCO1. The van der Waals surface area contributed by atoms with Crippen LogP contribution in [0, 0.1) is 0 Å². The van der Waals surface area contributed by atoms with Crippen molar-refractivity contribution in [2.45, 2.75) is 32.0 Å². The summed E-state index contributed by atoms with van der Waals surface area (Å²) in [7, 11) is 0. The first-order valence-electron chi connectivity index (χ1n) is 5.30. The van der Waals surface area contributed by atoms with Gasteiger partial charge in [0.1, 0.15) is 0 Å². The van der Waals surface area contributed by atoms with Crippen LogP contribution in [0.15, 0.2) is 0 Å². The molecule has 0 aromatic carbocycles. The molecule has 1 aliphatic heterocycles. The maximum atomic E-state index is 9.85. The number of nitrogens with two attached hydrogens (primary N) is 1. The smallest absolute Gasteiger partial charge is 0.0867 e. The molecule has 1 aliphatic rings. The lowest BCUT2D eigenvalue weighted by molar-refractivity contribution is 0.0157. The standard InChI is InChI=1S/C10H22N2O2/c1-9-6-12(4-3-5-14-9)8-10(2,13)7-11/h9,13H,3-8,11H2,1-2H3. The first kappa shape index (κ1) is 11.9. The van der Waals surface area contributed by atoms with Crippen LogP contribution in [0.25, 0.3) is 0 Å². The number of hydrogen-bond donors (Lipinski definition) is 2. The van der Waals surface area contributed by atoms with Crippen molar-refractivity contribution in [1.29, 1.82) is 0 Å². The van der Waals surface area contributed by atoms with Gasteiger partial charge in [0.2, 0.25) is 0 Å². The van der Waals surface area contributed by atoms with Gasteiger partial charge in [-0.1, -0.05) is 0 Å². The van der Waals surface area contributed by atoms with Gasteiger partial charge in [-0.25, -0.2) is 0 Å². The second-order valence-electron chi connectivity index (χ2n) is 4.47. The number of β-amino-alcohol motifs (C(OH)–C–C–N with tert-alkyl or cyclic N) is 1. The van der Waals surface area contributed by atoms with Gasteiger partial charge in [0.25, 0.3) is 0 Å². The van der Waals surface area contributed by atoms with E-state index in [2.05, 4.69) is 11.8 Å². The van der Waals surface area contributed by atoms with Crippen LogP contribution in [0.1, 0.15) is 20.3 Å². The summed E-state index contributed by atoms with van der Waals surface area (Å²) in [5.74, 6) is 0. The molecule has 0 radical (unpaired) electrons. The minimum absolute atomic E-state index is 0.256. The van der Waals surface area contributed by atoms with Crippen molar-refractivity contribution in [3.8, 4) is 0 Å². The molecule has 0 amide bonds. The van der Waals surface area contributed by atoms with E-state index in [9.17, 15) is 5.11 Å². The summed E-state index contributed by atoms with van der Waals surface area (Å²) in [4.78, 5) is 2.23. The fourth-order valence-electron chi connectivity index (χ4n) is 1.77. The van der Waals surface area contributed by atoms with Crippen LogP contribution in [-0.4, -0.2) is 54.5 Å². The maximum absolute atomic E-state index is 9.85. The molecule has 1 fully saturated rings. The Hall–Kier alpha value is -0.160. The number of aliphatic hydroxyl groups is 1. The predicted molar refractivity (Wildman–Crippen MR) is 56.1 cm³/mol. The summed E-state index contributed by atoms with van der Waals surface area (Å²) in [5.41, 5.74) is 4.72. The quantitative estimate of drug-likeness (QED) is 0.666. The van der Waals surface area contributed by atoms with Crippen molar-refractivity contribution in [2.75, 3.05) is 32.8 Å². The Morgan fingerprint density at radius 2 is 2.36 bits per heavy atom. The predicted octanol–water partition coefficient (Wildman–Crippen LogP) is -0.193. The van der Waals surface area contributed by atoms with Crippen molar-refractivity contribution in [3.05, 3.63) is 0 Å². The van der Waals surface area contributed by atoms with Crippen molar-refractivity contribution in [2.24, 2.45) is 5.73 Å². The monoisotopic (exact) mass is 202 g/mol. The molecule has 84 valence electrons. The zero-order valence-electron chi connectivity index (χ0n) is 9.20. The van der Waals surface area contributed by atoms with E-state index in [0.717, 1.165) is 26.1 Å². The Balaban J connectivity index is 2.42. The van der Waals surface area contributed by atoms with Crippen molar-refractivity contribution in [3.63, 3.8) is 0 Å². The molecule has 4 nitrogen and oxygen atoms in total. The normalized spacial score (nSPS) is 29.6. The lowest BCUT2D eigenvalue weighted by Crippen LogP contribution is -2.47. The Bertz CT molecular complexity index is 174. The first-order chi connectivity index (χ1) is 6.53. The van der Waals surface area contributed by atoms with E-state index in [4.69, 9.17) is 10.5 Å². The molecule has 1 rings (SSSR count). The largest absolute Gasteiger partial charge is 0.388 e. The highest BCUT2D eigenvalue weighted by Gasteiger charge is 2.24. The molecule has 4 heteroatoms. The highest BCUT2D eigenvalue weighted by atomic mass is 16.5. The van der Waals surface area contributed by atoms with E-state index in [1.54, 1.807) is 6.92 Å². The first-order valence-corrected chi connectivity index (χ1v) is 5.30. The van der Waals surface area contributed by atoms with Crippen LogP contribution < -0.4 is 5.73 Å². The number of nitrogens with zero attached hydrogens (tertiary/aromatic N) is 1. The highest BCUT2D eigenvalue weighted by molar-refractivity contribution is 4.80. The third kappa shape index (κ3) is 3.92. The molecule has 0 aromatic heterocycles. The van der Waals surface area contributed by atoms with Gasteiger partial charge in [0, 0.05) is 32.8 Å². The van der Waals surface area contributed by atoms with Gasteiger partial charge in [-0.3, -0.25) is 4.90 Å². The minimum Gasteiger partial charge on any atom is -0.388 e. The van der Waals surface area contributed by atoms with E-state index >= 15 is 0 Å². The molecular weight excluding hydrogens is 180 g/mol. The lowest BCUT2D eigenvalue weighted by atomic mass is 10.1.